The second-order valence-electron chi connectivity index (χ2n) is 4.74. The van der Waals surface area contributed by atoms with Crippen LogP contribution in [-0.2, 0) is 6.54 Å². The molecule has 0 spiro atoms. The number of methoxy groups -OCH3 is 1. The molecule has 0 atom stereocenters. The van der Waals surface area contributed by atoms with Crippen LogP contribution in [0.15, 0.2) is 29.3 Å². The average molecular weight is 305 g/mol. The SMILES string of the molecule is COc1ccc(NC(N)=NCc2nnc(C(C)C)s2)cc1. The first-order valence-corrected chi connectivity index (χ1v) is 7.43. The van der Waals surface area contributed by atoms with Crippen molar-refractivity contribution in [3.05, 3.63) is 34.3 Å². The molecule has 1 heterocycles. The number of hydrogen-bond acceptors (Lipinski definition) is 5. The molecular formula is C14H19N5OS. The van der Waals surface area contributed by atoms with Crippen LogP contribution < -0.4 is 15.8 Å². The summed E-state index contributed by atoms with van der Waals surface area (Å²) in [7, 11) is 1.63. The van der Waals surface area contributed by atoms with Gasteiger partial charge in [0.05, 0.1) is 13.7 Å². The Labute approximate surface area is 128 Å². The minimum atomic E-state index is 0.349. The van der Waals surface area contributed by atoms with Gasteiger partial charge in [0.15, 0.2) is 5.96 Å². The van der Waals surface area contributed by atoms with E-state index < -0.39 is 0 Å². The first-order chi connectivity index (χ1) is 10.1. The summed E-state index contributed by atoms with van der Waals surface area (Å²) in [6.07, 6.45) is 0. The van der Waals surface area contributed by atoms with Crippen LogP contribution in [0.1, 0.15) is 29.8 Å². The maximum absolute atomic E-state index is 5.85. The highest BCUT2D eigenvalue weighted by molar-refractivity contribution is 7.11. The third-order valence-electron chi connectivity index (χ3n) is 2.72. The quantitative estimate of drug-likeness (QED) is 0.655. The van der Waals surface area contributed by atoms with E-state index >= 15 is 0 Å². The highest BCUT2D eigenvalue weighted by atomic mass is 32.1. The fourth-order valence-corrected chi connectivity index (χ4v) is 2.35. The van der Waals surface area contributed by atoms with Gasteiger partial charge in [-0.25, -0.2) is 4.99 Å². The summed E-state index contributed by atoms with van der Waals surface area (Å²) in [5.74, 6) is 1.53. The van der Waals surface area contributed by atoms with E-state index in [2.05, 4.69) is 34.4 Å². The van der Waals surface area contributed by atoms with E-state index in [0.717, 1.165) is 21.5 Å². The predicted octanol–water partition coefficient (Wildman–Crippen LogP) is 2.60. The van der Waals surface area contributed by atoms with Gasteiger partial charge in [-0.05, 0) is 24.3 Å². The van der Waals surface area contributed by atoms with Gasteiger partial charge in [0.1, 0.15) is 15.8 Å². The highest BCUT2D eigenvalue weighted by Gasteiger charge is 2.07. The van der Waals surface area contributed by atoms with Gasteiger partial charge in [-0.2, -0.15) is 0 Å². The number of nitrogens with zero attached hydrogens (tertiary/aromatic N) is 3. The van der Waals surface area contributed by atoms with Crippen LogP contribution >= 0.6 is 11.3 Å². The summed E-state index contributed by atoms with van der Waals surface area (Å²) >= 11 is 1.57. The van der Waals surface area contributed by atoms with Crippen LogP contribution in [0.25, 0.3) is 0 Å². The molecule has 0 saturated heterocycles. The van der Waals surface area contributed by atoms with Crippen molar-refractivity contribution in [3.63, 3.8) is 0 Å². The number of anilines is 1. The normalized spacial score (nSPS) is 11.7. The molecule has 6 nitrogen and oxygen atoms in total. The summed E-state index contributed by atoms with van der Waals surface area (Å²) in [4.78, 5) is 4.26. The van der Waals surface area contributed by atoms with Gasteiger partial charge in [-0.3, -0.25) is 0 Å². The fourth-order valence-electron chi connectivity index (χ4n) is 1.58. The fraction of sp³-hybridized carbons (Fsp3) is 0.357. The molecule has 0 saturated carbocycles. The highest BCUT2D eigenvalue weighted by Crippen LogP contribution is 2.19. The molecule has 7 heteroatoms. The van der Waals surface area contributed by atoms with E-state index in [-0.39, 0.29) is 0 Å². The zero-order chi connectivity index (χ0) is 15.2. The lowest BCUT2D eigenvalue weighted by Gasteiger charge is -2.06. The third kappa shape index (κ3) is 4.42. The Kier molecular flexibility index (Phi) is 5.10. The van der Waals surface area contributed by atoms with Crippen LogP contribution in [0.2, 0.25) is 0 Å². The van der Waals surface area contributed by atoms with Crippen molar-refractivity contribution in [1.29, 1.82) is 0 Å². The number of aromatic nitrogens is 2. The smallest absolute Gasteiger partial charge is 0.193 e. The van der Waals surface area contributed by atoms with Crippen LogP contribution in [0, 0.1) is 0 Å². The second-order valence-corrected chi connectivity index (χ2v) is 5.84. The summed E-state index contributed by atoms with van der Waals surface area (Å²) in [6.45, 7) is 4.61. The van der Waals surface area contributed by atoms with E-state index in [1.54, 1.807) is 18.4 Å². The first kappa shape index (κ1) is 15.2. The van der Waals surface area contributed by atoms with E-state index in [0.29, 0.717) is 18.4 Å². The molecule has 112 valence electrons. The zero-order valence-corrected chi connectivity index (χ0v) is 13.1. The standard InChI is InChI=1S/C14H19N5OS/c1-9(2)13-19-18-12(21-13)8-16-14(15)17-10-4-6-11(20-3)7-5-10/h4-7,9H,8H2,1-3H3,(H3,15,16,17). The average Bonchev–Trinajstić information content (AvgIpc) is 2.95. The second kappa shape index (κ2) is 7.03. The molecule has 0 aliphatic rings. The zero-order valence-electron chi connectivity index (χ0n) is 12.3. The Morgan fingerprint density at radius 1 is 1.33 bits per heavy atom. The summed E-state index contributed by atoms with van der Waals surface area (Å²) < 4.78 is 5.10. The van der Waals surface area contributed by atoms with E-state index in [9.17, 15) is 0 Å². The van der Waals surface area contributed by atoms with Crippen molar-refractivity contribution in [2.24, 2.45) is 10.7 Å². The summed E-state index contributed by atoms with van der Waals surface area (Å²) in [5.41, 5.74) is 6.71. The predicted molar refractivity (Wildman–Crippen MR) is 85.9 cm³/mol. The molecule has 0 aliphatic carbocycles. The molecule has 0 unspecified atom stereocenters. The number of ether oxygens (including phenoxy) is 1. The minimum absolute atomic E-state index is 0.349. The Balaban J connectivity index is 1.93. The van der Waals surface area contributed by atoms with Crippen molar-refractivity contribution < 1.29 is 4.74 Å². The maximum Gasteiger partial charge on any atom is 0.193 e. The lowest BCUT2D eigenvalue weighted by Crippen LogP contribution is -2.22. The van der Waals surface area contributed by atoms with Crippen molar-refractivity contribution in [2.75, 3.05) is 12.4 Å². The molecule has 0 aliphatic heterocycles. The Morgan fingerprint density at radius 3 is 2.62 bits per heavy atom. The van der Waals surface area contributed by atoms with Gasteiger partial charge in [0, 0.05) is 11.6 Å². The Morgan fingerprint density at radius 2 is 2.05 bits per heavy atom. The van der Waals surface area contributed by atoms with Crippen molar-refractivity contribution >= 4 is 23.0 Å². The lowest BCUT2D eigenvalue weighted by molar-refractivity contribution is 0.415. The lowest BCUT2D eigenvalue weighted by atomic mass is 10.2. The number of aliphatic imine (C=N–C) groups is 1. The molecule has 1 aromatic carbocycles. The van der Waals surface area contributed by atoms with E-state index in [1.807, 2.05) is 24.3 Å². The van der Waals surface area contributed by atoms with Gasteiger partial charge < -0.3 is 15.8 Å². The van der Waals surface area contributed by atoms with Crippen molar-refractivity contribution in [1.82, 2.24) is 10.2 Å². The molecule has 0 amide bonds. The Bertz CT molecular complexity index is 606. The number of nitrogens with one attached hydrogen (secondary N) is 1. The molecule has 21 heavy (non-hydrogen) atoms. The number of nitrogens with two attached hydrogens (primary N) is 1. The number of benzene rings is 1. The summed E-state index contributed by atoms with van der Waals surface area (Å²) in [6, 6.07) is 7.47. The Hall–Kier alpha value is -2.15. The summed E-state index contributed by atoms with van der Waals surface area (Å²) in [5, 5.41) is 13.1. The van der Waals surface area contributed by atoms with Crippen LogP contribution in [-0.4, -0.2) is 23.3 Å². The molecule has 3 N–H and O–H groups in total. The third-order valence-corrected chi connectivity index (χ3v) is 3.93. The topological polar surface area (TPSA) is 85.4 Å². The van der Waals surface area contributed by atoms with Gasteiger partial charge in [0.2, 0.25) is 0 Å². The van der Waals surface area contributed by atoms with Crippen LogP contribution in [0.5, 0.6) is 5.75 Å². The number of rotatable bonds is 5. The maximum atomic E-state index is 5.85. The van der Waals surface area contributed by atoms with Gasteiger partial charge in [0.25, 0.3) is 0 Å². The number of hydrogen-bond donors (Lipinski definition) is 2. The molecule has 0 radical (unpaired) electrons. The van der Waals surface area contributed by atoms with Gasteiger partial charge in [-0.15, -0.1) is 10.2 Å². The van der Waals surface area contributed by atoms with Gasteiger partial charge in [-0.1, -0.05) is 25.2 Å². The molecule has 1 aromatic heterocycles. The molecule has 2 rings (SSSR count). The number of guanidine groups is 1. The largest absolute Gasteiger partial charge is 0.497 e. The monoisotopic (exact) mass is 305 g/mol. The minimum Gasteiger partial charge on any atom is -0.497 e. The van der Waals surface area contributed by atoms with Crippen LogP contribution in [0.3, 0.4) is 0 Å². The molecule has 0 fully saturated rings. The van der Waals surface area contributed by atoms with Crippen molar-refractivity contribution in [3.8, 4) is 5.75 Å². The van der Waals surface area contributed by atoms with E-state index in [4.69, 9.17) is 10.5 Å². The van der Waals surface area contributed by atoms with Crippen molar-refractivity contribution in [2.45, 2.75) is 26.3 Å². The molecular weight excluding hydrogens is 286 g/mol. The first-order valence-electron chi connectivity index (χ1n) is 6.61. The van der Waals surface area contributed by atoms with E-state index in [1.165, 1.54) is 0 Å². The molecule has 0 bridgehead atoms. The van der Waals surface area contributed by atoms with Crippen LogP contribution in [0.4, 0.5) is 5.69 Å². The molecule has 2 aromatic rings. The van der Waals surface area contributed by atoms with Gasteiger partial charge >= 0.3 is 0 Å².